The number of aromatic nitrogens is 2. The van der Waals surface area contributed by atoms with E-state index < -0.39 is 0 Å². The molecular weight excluding hydrogens is 270 g/mol. The van der Waals surface area contributed by atoms with Gasteiger partial charge in [0.1, 0.15) is 0 Å². The number of ether oxygens (including phenoxy) is 2. The van der Waals surface area contributed by atoms with Gasteiger partial charge in [-0.2, -0.15) is 0 Å². The second-order valence-corrected chi connectivity index (χ2v) is 4.77. The highest BCUT2D eigenvalue weighted by Gasteiger charge is 2.16. The number of carbonyl (C=O) groups is 1. The highest BCUT2D eigenvalue weighted by Crippen LogP contribution is 2.13. The van der Waals surface area contributed by atoms with Gasteiger partial charge in [0, 0.05) is 39.5 Å². The Morgan fingerprint density at radius 3 is 2.81 bits per heavy atom. The second-order valence-electron chi connectivity index (χ2n) is 4.77. The molecule has 2 rings (SSSR count). The average molecular weight is 291 g/mol. The van der Waals surface area contributed by atoms with E-state index in [1.165, 1.54) is 0 Å². The quantitative estimate of drug-likeness (QED) is 0.752. The molecule has 114 valence electrons. The molecule has 0 aliphatic heterocycles. The van der Waals surface area contributed by atoms with Crippen LogP contribution in [0, 0.1) is 0 Å². The summed E-state index contributed by atoms with van der Waals surface area (Å²) in [6.45, 7) is 2.37. The first-order valence-electron chi connectivity index (χ1n) is 6.96. The third-order valence-corrected chi connectivity index (χ3v) is 3.30. The van der Waals surface area contributed by atoms with E-state index in [1.807, 2.05) is 18.2 Å². The fourth-order valence-electron chi connectivity index (χ4n) is 2.17. The van der Waals surface area contributed by atoms with Gasteiger partial charge in [-0.25, -0.2) is 4.98 Å². The van der Waals surface area contributed by atoms with Crippen LogP contribution in [0.25, 0.3) is 11.0 Å². The maximum atomic E-state index is 12.6. The molecule has 0 bridgehead atoms. The van der Waals surface area contributed by atoms with E-state index in [1.54, 1.807) is 25.4 Å². The molecule has 21 heavy (non-hydrogen) atoms. The second kappa shape index (κ2) is 7.75. The lowest BCUT2D eigenvalue weighted by molar-refractivity contribution is 0.0674. The zero-order chi connectivity index (χ0) is 15.1. The number of hydrogen-bond acceptors (Lipinski definition) is 4. The number of nitrogens with zero attached hydrogens (tertiary/aromatic N) is 2. The van der Waals surface area contributed by atoms with Crippen molar-refractivity contribution in [1.82, 2.24) is 14.9 Å². The van der Waals surface area contributed by atoms with Gasteiger partial charge in [-0.1, -0.05) is 0 Å². The lowest BCUT2D eigenvalue weighted by Gasteiger charge is -2.22. The molecule has 1 heterocycles. The Labute approximate surface area is 124 Å². The molecule has 1 N–H and O–H groups in total. The summed E-state index contributed by atoms with van der Waals surface area (Å²) in [7, 11) is 3.29. The minimum atomic E-state index is -0.000321. The predicted molar refractivity (Wildman–Crippen MR) is 80.4 cm³/mol. The van der Waals surface area contributed by atoms with Gasteiger partial charge >= 0.3 is 0 Å². The Hall–Kier alpha value is -1.92. The molecule has 0 radical (unpaired) electrons. The minimum absolute atomic E-state index is 0.000321. The van der Waals surface area contributed by atoms with Crippen LogP contribution >= 0.6 is 0 Å². The van der Waals surface area contributed by atoms with E-state index in [4.69, 9.17) is 9.47 Å². The lowest BCUT2D eigenvalue weighted by Crippen LogP contribution is -2.35. The molecule has 2 aromatic rings. The van der Waals surface area contributed by atoms with E-state index in [2.05, 4.69) is 9.97 Å². The van der Waals surface area contributed by atoms with Crippen LogP contribution in [0.1, 0.15) is 16.8 Å². The number of rotatable bonds is 8. The van der Waals surface area contributed by atoms with Gasteiger partial charge in [0.25, 0.3) is 5.91 Å². The number of imidazole rings is 1. The van der Waals surface area contributed by atoms with Crippen LogP contribution < -0.4 is 0 Å². The standard InChI is InChI=1S/C15H21N3O3/c1-20-8-3-6-18(7-9-21-2)15(19)12-4-5-13-14(10-12)17-11-16-13/h4-5,10-11H,3,6-9H2,1-2H3,(H,16,17). The number of H-pyrrole nitrogens is 1. The van der Waals surface area contributed by atoms with E-state index in [0.717, 1.165) is 17.5 Å². The zero-order valence-electron chi connectivity index (χ0n) is 12.5. The lowest BCUT2D eigenvalue weighted by atomic mass is 10.1. The van der Waals surface area contributed by atoms with Gasteiger partial charge in [0.15, 0.2) is 0 Å². The summed E-state index contributed by atoms with van der Waals surface area (Å²) in [6.07, 6.45) is 2.43. The molecular formula is C15H21N3O3. The number of nitrogens with one attached hydrogen (secondary N) is 1. The fourth-order valence-corrected chi connectivity index (χ4v) is 2.17. The predicted octanol–water partition coefficient (Wildman–Crippen LogP) is 1.69. The summed E-state index contributed by atoms with van der Waals surface area (Å²) in [4.78, 5) is 21.6. The first-order chi connectivity index (χ1) is 10.3. The Morgan fingerprint density at radius 1 is 1.24 bits per heavy atom. The normalized spacial score (nSPS) is 11.0. The molecule has 0 saturated heterocycles. The molecule has 0 spiro atoms. The van der Waals surface area contributed by atoms with E-state index in [9.17, 15) is 4.79 Å². The topological polar surface area (TPSA) is 67.5 Å². The minimum Gasteiger partial charge on any atom is -0.385 e. The summed E-state index contributed by atoms with van der Waals surface area (Å²) < 4.78 is 10.1. The van der Waals surface area contributed by atoms with Gasteiger partial charge in [0.2, 0.25) is 0 Å². The van der Waals surface area contributed by atoms with Crippen molar-refractivity contribution in [2.45, 2.75) is 6.42 Å². The van der Waals surface area contributed by atoms with Crippen LogP contribution in [-0.4, -0.2) is 61.3 Å². The maximum Gasteiger partial charge on any atom is 0.254 e. The van der Waals surface area contributed by atoms with Crippen LogP contribution in [-0.2, 0) is 9.47 Å². The van der Waals surface area contributed by atoms with E-state index in [-0.39, 0.29) is 5.91 Å². The Kier molecular flexibility index (Phi) is 5.71. The van der Waals surface area contributed by atoms with Gasteiger partial charge in [-0.05, 0) is 24.6 Å². The fraction of sp³-hybridized carbons (Fsp3) is 0.467. The number of benzene rings is 1. The van der Waals surface area contributed by atoms with Crippen LogP contribution in [0.2, 0.25) is 0 Å². The first-order valence-corrected chi connectivity index (χ1v) is 6.96. The number of aromatic amines is 1. The molecule has 1 amide bonds. The Bertz CT molecular complexity index is 582. The zero-order valence-corrected chi connectivity index (χ0v) is 12.5. The van der Waals surface area contributed by atoms with Crippen molar-refractivity contribution in [1.29, 1.82) is 0 Å². The molecule has 1 aromatic heterocycles. The number of carbonyl (C=O) groups excluding carboxylic acids is 1. The SMILES string of the molecule is COCCCN(CCOC)C(=O)c1ccc2nc[nH]c2c1. The molecule has 0 atom stereocenters. The van der Waals surface area contributed by atoms with Crippen molar-refractivity contribution >= 4 is 16.9 Å². The van der Waals surface area contributed by atoms with Crippen LogP contribution in [0.3, 0.4) is 0 Å². The number of fused-ring (bicyclic) bond motifs is 1. The molecule has 1 aromatic carbocycles. The molecule has 6 nitrogen and oxygen atoms in total. The first kappa shape index (κ1) is 15.5. The molecule has 0 unspecified atom stereocenters. The molecule has 0 aliphatic carbocycles. The highest BCUT2D eigenvalue weighted by molar-refractivity contribution is 5.97. The summed E-state index contributed by atoms with van der Waals surface area (Å²) in [6, 6.07) is 5.49. The highest BCUT2D eigenvalue weighted by atomic mass is 16.5. The van der Waals surface area contributed by atoms with Crippen molar-refractivity contribution in [2.24, 2.45) is 0 Å². The Morgan fingerprint density at radius 2 is 2.05 bits per heavy atom. The summed E-state index contributed by atoms with van der Waals surface area (Å²) >= 11 is 0. The number of methoxy groups -OCH3 is 2. The van der Waals surface area contributed by atoms with Crippen LogP contribution in [0.15, 0.2) is 24.5 Å². The number of amides is 1. The van der Waals surface area contributed by atoms with Crippen molar-refractivity contribution in [3.8, 4) is 0 Å². The third kappa shape index (κ3) is 4.03. The number of hydrogen-bond donors (Lipinski definition) is 1. The van der Waals surface area contributed by atoms with Gasteiger partial charge in [0.05, 0.1) is 24.0 Å². The van der Waals surface area contributed by atoms with E-state index >= 15 is 0 Å². The smallest absolute Gasteiger partial charge is 0.254 e. The summed E-state index contributed by atoms with van der Waals surface area (Å²) in [5, 5.41) is 0. The van der Waals surface area contributed by atoms with Crippen molar-refractivity contribution in [3.05, 3.63) is 30.1 Å². The monoisotopic (exact) mass is 291 g/mol. The Balaban J connectivity index is 2.10. The average Bonchev–Trinajstić information content (AvgIpc) is 2.97. The molecule has 0 saturated carbocycles. The van der Waals surface area contributed by atoms with Crippen molar-refractivity contribution in [3.63, 3.8) is 0 Å². The maximum absolute atomic E-state index is 12.6. The molecule has 0 aliphatic rings. The van der Waals surface area contributed by atoms with Gasteiger partial charge in [-0.15, -0.1) is 0 Å². The van der Waals surface area contributed by atoms with Gasteiger partial charge < -0.3 is 19.4 Å². The van der Waals surface area contributed by atoms with E-state index in [0.29, 0.717) is 31.9 Å². The van der Waals surface area contributed by atoms with Crippen molar-refractivity contribution < 1.29 is 14.3 Å². The third-order valence-electron chi connectivity index (χ3n) is 3.30. The summed E-state index contributed by atoms with van der Waals surface area (Å²) in [5.41, 5.74) is 2.37. The largest absolute Gasteiger partial charge is 0.385 e. The summed E-state index contributed by atoms with van der Waals surface area (Å²) in [5.74, 6) is -0.000321. The van der Waals surface area contributed by atoms with Crippen LogP contribution in [0.4, 0.5) is 0 Å². The van der Waals surface area contributed by atoms with Crippen LogP contribution in [0.5, 0.6) is 0 Å². The van der Waals surface area contributed by atoms with Crippen molar-refractivity contribution in [2.75, 3.05) is 40.5 Å². The molecule has 6 heteroatoms. The molecule has 0 fully saturated rings. The van der Waals surface area contributed by atoms with Gasteiger partial charge in [-0.3, -0.25) is 4.79 Å².